The number of imide groups is 1. The molecule has 0 saturated carbocycles. The van der Waals surface area contributed by atoms with Crippen LogP contribution in [0.4, 0.5) is 10.5 Å². The Morgan fingerprint density at radius 3 is 2.79 bits per heavy atom. The Labute approximate surface area is 115 Å². The third kappa shape index (κ3) is 3.20. The Morgan fingerprint density at radius 1 is 1.26 bits per heavy atom. The number of halogens is 1. The van der Waals surface area contributed by atoms with E-state index in [-0.39, 0.29) is 5.88 Å². The number of aromatic nitrogens is 1. The molecular formula is C13H12ClN3O2. The number of carbonyl (C=O) groups excluding carboxylic acids is 2. The molecule has 2 N–H and O–H groups in total. The maximum atomic E-state index is 11.6. The number of anilines is 1. The zero-order valence-corrected chi connectivity index (χ0v) is 11.0. The Bertz CT molecular complexity index is 643. The number of carbonyl (C=O) groups is 2. The molecule has 1 aromatic heterocycles. The van der Waals surface area contributed by atoms with E-state index >= 15 is 0 Å². The first-order valence-corrected chi connectivity index (χ1v) is 6.17. The van der Waals surface area contributed by atoms with Gasteiger partial charge in [-0.1, -0.05) is 18.2 Å². The smallest absolute Gasteiger partial charge is 0.306 e. The molecule has 1 heterocycles. The van der Waals surface area contributed by atoms with Gasteiger partial charge in [0.25, 0.3) is 0 Å². The summed E-state index contributed by atoms with van der Waals surface area (Å²) in [5.41, 5.74) is 2.07. The number of alkyl halides is 1. The molecule has 1 aromatic carbocycles. The van der Waals surface area contributed by atoms with E-state index in [9.17, 15) is 9.59 Å². The highest BCUT2D eigenvalue weighted by Gasteiger charge is 2.09. The molecule has 2 aromatic rings. The minimum atomic E-state index is -0.624. The van der Waals surface area contributed by atoms with Crippen molar-refractivity contribution in [3.63, 3.8) is 0 Å². The predicted octanol–water partition coefficient (Wildman–Crippen LogP) is 2.43. The Kier molecular flexibility index (Phi) is 3.97. The van der Waals surface area contributed by atoms with Crippen LogP contribution >= 0.6 is 11.6 Å². The van der Waals surface area contributed by atoms with Crippen molar-refractivity contribution >= 4 is 40.1 Å². The van der Waals surface area contributed by atoms with E-state index in [0.29, 0.717) is 11.2 Å². The number of benzene rings is 1. The van der Waals surface area contributed by atoms with Gasteiger partial charge in [-0.3, -0.25) is 15.1 Å². The minimum Gasteiger partial charge on any atom is -0.306 e. The van der Waals surface area contributed by atoms with Crippen LogP contribution in [0.2, 0.25) is 0 Å². The van der Waals surface area contributed by atoms with Crippen molar-refractivity contribution in [1.29, 1.82) is 0 Å². The van der Waals surface area contributed by atoms with E-state index in [1.165, 1.54) is 0 Å². The quantitative estimate of drug-likeness (QED) is 0.828. The van der Waals surface area contributed by atoms with Crippen LogP contribution in [-0.4, -0.2) is 22.8 Å². The normalized spacial score (nSPS) is 10.2. The van der Waals surface area contributed by atoms with Gasteiger partial charge in [0.05, 0.1) is 11.2 Å². The average molecular weight is 278 g/mol. The number of nitrogens with one attached hydrogen (secondary N) is 2. The van der Waals surface area contributed by atoms with Gasteiger partial charge < -0.3 is 5.32 Å². The molecule has 19 heavy (non-hydrogen) atoms. The summed E-state index contributed by atoms with van der Waals surface area (Å²) in [4.78, 5) is 27.0. The van der Waals surface area contributed by atoms with Crippen molar-refractivity contribution < 1.29 is 9.59 Å². The number of amides is 3. The second kappa shape index (κ2) is 5.67. The number of hydrogen-bond acceptors (Lipinski definition) is 3. The van der Waals surface area contributed by atoms with Crippen LogP contribution in [0, 0.1) is 6.92 Å². The first-order chi connectivity index (χ1) is 9.10. The standard InChI is InChI=1S/C13H12ClN3O2/c1-8-5-6-9-3-2-4-10(12(9)15-8)16-13(19)17-11(18)7-14/h2-6H,7H2,1H3,(H2,16,17,18,19). The Balaban J connectivity index is 2.27. The van der Waals surface area contributed by atoms with Gasteiger partial charge in [-0.25, -0.2) is 4.79 Å². The highest BCUT2D eigenvalue weighted by atomic mass is 35.5. The molecule has 0 aliphatic carbocycles. The van der Waals surface area contributed by atoms with E-state index in [0.717, 1.165) is 11.1 Å². The Morgan fingerprint density at radius 2 is 2.05 bits per heavy atom. The molecule has 98 valence electrons. The van der Waals surface area contributed by atoms with Gasteiger partial charge in [0.15, 0.2) is 0 Å². The second-order valence-electron chi connectivity index (χ2n) is 3.97. The summed E-state index contributed by atoms with van der Waals surface area (Å²) in [5, 5.41) is 5.60. The summed E-state index contributed by atoms with van der Waals surface area (Å²) in [6.07, 6.45) is 0. The topological polar surface area (TPSA) is 71.1 Å². The van der Waals surface area contributed by atoms with Crippen LogP contribution in [-0.2, 0) is 4.79 Å². The summed E-state index contributed by atoms with van der Waals surface area (Å²) in [6, 6.07) is 8.61. The molecule has 0 radical (unpaired) electrons. The SMILES string of the molecule is Cc1ccc2cccc(NC(=O)NC(=O)CCl)c2n1. The second-order valence-corrected chi connectivity index (χ2v) is 4.23. The molecule has 0 spiro atoms. The fraction of sp³-hybridized carbons (Fsp3) is 0.154. The van der Waals surface area contributed by atoms with Gasteiger partial charge >= 0.3 is 6.03 Å². The maximum Gasteiger partial charge on any atom is 0.325 e. The molecule has 0 atom stereocenters. The van der Waals surface area contributed by atoms with E-state index < -0.39 is 11.9 Å². The number of fused-ring (bicyclic) bond motifs is 1. The van der Waals surface area contributed by atoms with E-state index in [1.54, 1.807) is 12.1 Å². The van der Waals surface area contributed by atoms with Crippen LogP contribution in [0.1, 0.15) is 5.69 Å². The number of aryl methyl sites for hydroxylation is 1. The van der Waals surface area contributed by atoms with Gasteiger partial charge in [-0.15, -0.1) is 11.6 Å². The molecular weight excluding hydrogens is 266 g/mol. The molecule has 0 aliphatic rings. The molecule has 0 unspecified atom stereocenters. The molecule has 3 amide bonds. The van der Waals surface area contributed by atoms with Crippen molar-refractivity contribution in [2.75, 3.05) is 11.2 Å². The molecule has 2 rings (SSSR count). The summed E-state index contributed by atoms with van der Waals surface area (Å²) in [5.74, 6) is -0.816. The zero-order valence-electron chi connectivity index (χ0n) is 10.2. The average Bonchev–Trinajstić information content (AvgIpc) is 2.39. The zero-order chi connectivity index (χ0) is 13.8. The largest absolute Gasteiger partial charge is 0.325 e. The third-order valence-corrected chi connectivity index (χ3v) is 2.72. The molecule has 0 aliphatic heterocycles. The van der Waals surface area contributed by atoms with Gasteiger partial charge in [-0.2, -0.15) is 0 Å². The number of nitrogens with zero attached hydrogens (tertiary/aromatic N) is 1. The number of urea groups is 1. The predicted molar refractivity (Wildman–Crippen MR) is 74.4 cm³/mol. The van der Waals surface area contributed by atoms with Crippen LogP contribution < -0.4 is 10.6 Å². The summed E-state index contributed by atoms with van der Waals surface area (Å²) < 4.78 is 0. The fourth-order valence-corrected chi connectivity index (χ4v) is 1.73. The number of rotatable bonds is 2. The maximum absolute atomic E-state index is 11.6. The van der Waals surface area contributed by atoms with E-state index in [2.05, 4.69) is 15.6 Å². The monoisotopic (exact) mass is 277 g/mol. The van der Waals surface area contributed by atoms with Crippen LogP contribution in [0.5, 0.6) is 0 Å². The first kappa shape index (κ1) is 13.3. The van der Waals surface area contributed by atoms with Crippen molar-refractivity contribution in [2.45, 2.75) is 6.92 Å². The fourth-order valence-electron chi connectivity index (χ4n) is 1.66. The van der Waals surface area contributed by atoms with Crippen LogP contribution in [0.15, 0.2) is 30.3 Å². The lowest BCUT2D eigenvalue weighted by molar-refractivity contribution is -0.117. The molecule has 6 heteroatoms. The van der Waals surface area contributed by atoms with Crippen molar-refractivity contribution in [3.05, 3.63) is 36.0 Å². The Hall–Kier alpha value is -2.14. The molecule has 0 saturated heterocycles. The van der Waals surface area contributed by atoms with Gasteiger partial charge in [0.2, 0.25) is 5.91 Å². The van der Waals surface area contributed by atoms with Gasteiger partial charge in [-0.05, 0) is 19.1 Å². The minimum absolute atomic E-state index is 0.264. The van der Waals surface area contributed by atoms with Gasteiger partial charge in [0, 0.05) is 11.1 Å². The number of para-hydroxylation sites is 1. The van der Waals surface area contributed by atoms with Crippen molar-refractivity contribution in [1.82, 2.24) is 10.3 Å². The van der Waals surface area contributed by atoms with Gasteiger partial charge in [0.1, 0.15) is 5.88 Å². The highest BCUT2D eigenvalue weighted by molar-refractivity contribution is 6.28. The van der Waals surface area contributed by atoms with Crippen LogP contribution in [0.25, 0.3) is 10.9 Å². The lowest BCUT2D eigenvalue weighted by Gasteiger charge is -2.08. The summed E-state index contributed by atoms with van der Waals surface area (Å²) in [6.45, 7) is 1.87. The lowest BCUT2D eigenvalue weighted by Crippen LogP contribution is -2.35. The summed E-state index contributed by atoms with van der Waals surface area (Å²) in [7, 11) is 0. The molecule has 5 nitrogen and oxygen atoms in total. The van der Waals surface area contributed by atoms with E-state index in [1.807, 2.05) is 25.1 Å². The summed E-state index contributed by atoms with van der Waals surface area (Å²) >= 11 is 5.31. The third-order valence-electron chi connectivity index (χ3n) is 2.48. The number of pyridine rings is 1. The number of hydrogen-bond donors (Lipinski definition) is 2. The lowest BCUT2D eigenvalue weighted by atomic mass is 10.2. The van der Waals surface area contributed by atoms with Crippen LogP contribution in [0.3, 0.4) is 0 Å². The highest BCUT2D eigenvalue weighted by Crippen LogP contribution is 2.21. The van der Waals surface area contributed by atoms with Crippen molar-refractivity contribution in [2.24, 2.45) is 0 Å². The molecule has 0 bridgehead atoms. The van der Waals surface area contributed by atoms with Crippen molar-refractivity contribution in [3.8, 4) is 0 Å². The van der Waals surface area contributed by atoms with E-state index in [4.69, 9.17) is 11.6 Å². The first-order valence-electron chi connectivity index (χ1n) is 5.63. The molecule has 0 fully saturated rings.